The molecule has 1 atom stereocenters. The number of aliphatic hydroxyl groups is 1. The van der Waals surface area contributed by atoms with Gasteiger partial charge in [0.15, 0.2) is 0 Å². The molecule has 0 heterocycles. The maximum atomic E-state index is 8.40. The Labute approximate surface area is 91.2 Å². The maximum absolute atomic E-state index is 8.40. The number of rotatable bonds is 3. The van der Waals surface area contributed by atoms with E-state index in [4.69, 9.17) is 5.11 Å². The van der Waals surface area contributed by atoms with Gasteiger partial charge in [0.1, 0.15) is 6.61 Å². The molecule has 0 saturated carbocycles. The minimum atomic E-state index is -0.0370. The van der Waals surface area contributed by atoms with Crippen LogP contribution in [0.2, 0.25) is 0 Å². The molecule has 0 amide bonds. The molecule has 0 aliphatic carbocycles. The van der Waals surface area contributed by atoms with Gasteiger partial charge in [-0.05, 0) is 20.3 Å². The summed E-state index contributed by atoms with van der Waals surface area (Å²) < 4.78 is 0.105. The molecule has 0 saturated heterocycles. The molecule has 1 nitrogen and oxygen atoms in total. The third kappa shape index (κ3) is 6.05. The standard InChI is InChI=1S/C9H14Br2O/c1-9(2,11)8(10)6-4-3-5-7-12/h8,12H,4,6-7H2,1-2H3. The number of halogens is 2. The average Bonchev–Trinajstić information content (AvgIpc) is 1.96. The first-order valence-electron chi connectivity index (χ1n) is 3.88. The van der Waals surface area contributed by atoms with Gasteiger partial charge in [-0.3, -0.25) is 0 Å². The van der Waals surface area contributed by atoms with Crippen LogP contribution in [0, 0.1) is 11.8 Å². The summed E-state index contributed by atoms with van der Waals surface area (Å²) in [7, 11) is 0. The van der Waals surface area contributed by atoms with Crippen molar-refractivity contribution in [3.8, 4) is 11.8 Å². The van der Waals surface area contributed by atoms with Crippen LogP contribution in [-0.4, -0.2) is 20.9 Å². The summed E-state index contributed by atoms with van der Waals surface area (Å²) in [6, 6.07) is 0. The fourth-order valence-corrected chi connectivity index (χ4v) is 1.14. The van der Waals surface area contributed by atoms with E-state index in [0.29, 0.717) is 4.83 Å². The van der Waals surface area contributed by atoms with Crippen molar-refractivity contribution in [2.75, 3.05) is 6.61 Å². The number of hydrogen-bond donors (Lipinski definition) is 1. The monoisotopic (exact) mass is 296 g/mol. The molecule has 1 N–H and O–H groups in total. The molecule has 0 aromatic heterocycles. The third-order valence-electron chi connectivity index (χ3n) is 1.47. The summed E-state index contributed by atoms with van der Waals surface area (Å²) in [5, 5.41) is 8.40. The van der Waals surface area contributed by atoms with E-state index in [1.807, 2.05) is 0 Å². The molecule has 0 aliphatic rings. The molecule has 0 radical (unpaired) electrons. The van der Waals surface area contributed by atoms with Crippen molar-refractivity contribution >= 4 is 31.9 Å². The van der Waals surface area contributed by atoms with Crippen LogP contribution in [0.4, 0.5) is 0 Å². The van der Waals surface area contributed by atoms with Crippen molar-refractivity contribution in [1.29, 1.82) is 0 Å². The topological polar surface area (TPSA) is 20.2 Å². The summed E-state index contributed by atoms with van der Waals surface area (Å²) in [6.45, 7) is 4.20. The lowest BCUT2D eigenvalue weighted by Crippen LogP contribution is -2.23. The molecule has 0 spiro atoms. The highest BCUT2D eigenvalue weighted by Gasteiger charge is 2.22. The van der Waals surface area contributed by atoms with Crippen LogP contribution in [0.25, 0.3) is 0 Å². The van der Waals surface area contributed by atoms with Gasteiger partial charge < -0.3 is 5.11 Å². The van der Waals surface area contributed by atoms with E-state index >= 15 is 0 Å². The lowest BCUT2D eigenvalue weighted by molar-refractivity contribution is 0.350. The zero-order valence-corrected chi connectivity index (χ0v) is 10.6. The first-order valence-corrected chi connectivity index (χ1v) is 5.59. The van der Waals surface area contributed by atoms with Crippen LogP contribution < -0.4 is 0 Å². The Balaban J connectivity index is 3.65. The first-order chi connectivity index (χ1) is 5.48. The zero-order chi connectivity index (χ0) is 9.61. The predicted octanol–water partition coefficient (Wildman–Crippen LogP) is 2.70. The molecule has 12 heavy (non-hydrogen) atoms. The normalized spacial score (nSPS) is 13.4. The minimum absolute atomic E-state index is 0.0370. The summed E-state index contributed by atoms with van der Waals surface area (Å²) in [4.78, 5) is 0.415. The molecule has 0 rings (SSSR count). The van der Waals surface area contributed by atoms with E-state index in [1.165, 1.54) is 0 Å². The Morgan fingerprint density at radius 3 is 2.42 bits per heavy atom. The molecule has 0 aromatic carbocycles. The van der Waals surface area contributed by atoms with Crippen molar-refractivity contribution in [3.63, 3.8) is 0 Å². The molecule has 0 aromatic rings. The Hall–Kier alpha value is 0.480. The van der Waals surface area contributed by atoms with E-state index in [9.17, 15) is 0 Å². The predicted molar refractivity (Wildman–Crippen MR) is 59.8 cm³/mol. The van der Waals surface area contributed by atoms with Gasteiger partial charge in [-0.25, -0.2) is 0 Å². The summed E-state index contributed by atoms with van der Waals surface area (Å²) >= 11 is 7.14. The lowest BCUT2D eigenvalue weighted by atomic mass is 10.1. The van der Waals surface area contributed by atoms with E-state index in [2.05, 4.69) is 57.5 Å². The highest BCUT2D eigenvalue weighted by molar-refractivity contribution is 9.12. The summed E-state index contributed by atoms with van der Waals surface area (Å²) in [5.41, 5.74) is 0. The number of hydrogen-bond acceptors (Lipinski definition) is 1. The first kappa shape index (κ1) is 12.5. The molecule has 0 bridgehead atoms. The van der Waals surface area contributed by atoms with Gasteiger partial charge in [0.05, 0.1) is 0 Å². The molecule has 1 unspecified atom stereocenters. The average molecular weight is 298 g/mol. The number of alkyl halides is 2. The van der Waals surface area contributed by atoms with Crippen LogP contribution in [-0.2, 0) is 0 Å². The van der Waals surface area contributed by atoms with Gasteiger partial charge in [0.25, 0.3) is 0 Å². The van der Waals surface area contributed by atoms with Crippen LogP contribution in [0.1, 0.15) is 26.7 Å². The van der Waals surface area contributed by atoms with E-state index in [0.717, 1.165) is 12.8 Å². The van der Waals surface area contributed by atoms with Crippen LogP contribution in [0.15, 0.2) is 0 Å². The van der Waals surface area contributed by atoms with Crippen molar-refractivity contribution in [2.45, 2.75) is 35.8 Å². The molecule has 0 aliphatic heterocycles. The fraction of sp³-hybridized carbons (Fsp3) is 0.778. The molecule has 3 heteroatoms. The van der Waals surface area contributed by atoms with Gasteiger partial charge in [0.2, 0.25) is 0 Å². The van der Waals surface area contributed by atoms with Crippen LogP contribution in [0.3, 0.4) is 0 Å². The van der Waals surface area contributed by atoms with E-state index in [1.54, 1.807) is 0 Å². The van der Waals surface area contributed by atoms with Gasteiger partial charge in [0, 0.05) is 15.6 Å². The third-order valence-corrected chi connectivity index (χ3v) is 4.24. The summed E-state index contributed by atoms with van der Waals surface area (Å²) in [6.07, 6.45) is 1.82. The van der Waals surface area contributed by atoms with Gasteiger partial charge >= 0.3 is 0 Å². The second kappa shape index (κ2) is 6.01. The smallest absolute Gasteiger partial charge is 0.104 e. The Bertz CT molecular complexity index is 173. The molecular formula is C9H14Br2O. The second-order valence-electron chi connectivity index (χ2n) is 3.08. The van der Waals surface area contributed by atoms with Gasteiger partial charge in [-0.1, -0.05) is 37.8 Å². The van der Waals surface area contributed by atoms with Crippen molar-refractivity contribution in [2.24, 2.45) is 0 Å². The van der Waals surface area contributed by atoms with Crippen LogP contribution >= 0.6 is 31.9 Å². The van der Waals surface area contributed by atoms with Crippen molar-refractivity contribution in [1.82, 2.24) is 0 Å². The van der Waals surface area contributed by atoms with Crippen LogP contribution in [0.5, 0.6) is 0 Å². The fourth-order valence-electron chi connectivity index (χ4n) is 0.686. The van der Waals surface area contributed by atoms with Gasteiger partial charge in [-0.15, -0.1) is 5.92 Å². The Kier molecular flexibility index (Phi) is 6.25. The molecule has 0 fully saturated rings. The Morgan fingerprint density at radius 2 is 2.00 bits per heavy atom. The van der Waals surface area contributed by atoms with E-state index < -0.39 is 0 Å². The van der Waals surface area contributed by atoms with E-state index in [-0.39, 0.29) is 10.9 Å². The molecule has 70 valence electrons. The second-order valence-corrected chi connectivity index (χ2v) is 6.23. The lowest BCUT2D eigenvalue weighted by Gasteiger charge is -2.22. The largest absolute Gasteiger partial charge is 0.384 e. The van der Waals surface area contributed by atoms with Crippen molar-refractivity contribution < 1.29 is 5.11 Å². The quantitative estimate of drug-likeness (QED) is 0.627. The molecular weight excluding hydrogens is 284 g/mol. The highest BCUT2D eigenvalue weighted by Crippen LogP contribution is 2.29. The zero-order valence-electron chi connectivity index (χ0n) is 7.40. The van der Waals surface area contributed by atoms with Gasteiger partial charge in [-0.2, -0.15) is 0 Å². The summed E-state index contributed by atoms with van der Waals surface area (Å²) in [5.74, 6) is 5.51. The SMILES string of the molecule is CC(C)(Br)C(Br)CCC#CCO. The Morgan fingerprint density at radius 1 is 1.42 bits per heavy atom. The highest BCUT2D eigenvalue weighted by atomic mass is 79.9. The minimum Gasteiger partial charge on any atom is -0.384 e. The number of aliphatic hydroxyl groups excluding tert-OH is 1. The maximum Gasteiger partial charge on any atom is 0.104 e. The van der Waals surface area contributed by atoms with Crippen molar-refractivity contribution in [3.05, 3.63) is 0 Å².